The van der Waals surface area contributed by atoms with Crippen LogP contribution in [0, 0.1) is 0 Å². The molecule has 0 atom stereocenters. The second-order valence-corrected chi connectivity index (χ2v) is 9.33. The smallest absolute Gasteiger partial charge is 0 e. The van der Waals surface area contributed by atoms with E-state index in [9.17, 15) is 13.6 Å². The van der Waals surface area contributed by atoms with E-state index in [1.165, 1.54) is 0 Å². The van der Waals surface area contributed by atoms with E-state index in [0.717, 1.165) is 0 Å². The van der Waals surface area contributed by atoms with E-state index >= 15 is 0 Å². The van der Waals surface area contributed by atoms with Gasteiger partial charge in [-0.2, -0.15) is 0 Å². The molecule has 0 aromatic carbocycles. The van der Waals surface area contributed by atoms with Gasteiger partial charge in [-0.25, -0.2) is 0 Å². The van der Waals surface area contributed by atoms with Gasteiger partial charge < -0.3 is 0 Å². The standard InChI is InChI=1S/Mo.2H2O.5O.Si.W/h;2*1H2;;;;;;;/q+1;;;;;;;;;+1/p-2. The van der Waals surface area contributed by atoms with Crippen LogP contribution in [0.5, 0.6) is 0 Å². The third-order valence-electron chi connectivity index (χ3n) is 0.172. The largest absolute Gasteiger partial charge is 0 e. The molecule has 10 heavy (non-hydrogen) atoms. The Kier molecular flexibility index (Phi) is 5.17. The van der Waals surface area contributed by atoms with Gasteiger partial charge in [-0.15, -0.1) is 0 Å². The second kappa shape index (κ2) is 3.89. The summed E-state index contributed by atoms with van der Waals surface area (Å²) in [6.07, 6.45) is 0. The molecule has 60 valence electrons. The summed E-state index contributed by atoms with van der Waals surface area (Å²) in [5, 5.41) is 0. The minimum atomic E-state index is -6.22. The van der Waals surface area contributed by atoms with Crippen molar-refractivity contribution in [2.24, 2.45) is 0 Å². The first-order chi connectivity index (χ1) is 3.71. The van der Waals surface area contributed by atoms with Crippen LogP contribution in [0.2, 0.25) is 0 Å². The molecule has 0 spiro atoms. The van der Waals surface area contributed by atoms with E-state index in [1.807, 2.05) is 0 Å². The molecule has 0 unspecified atom stereocenters. The normalized spacial score (nSPS) is 12.2. The molecular weight excluding hydrogens is 420 g/mol. The minimum absolute atomic E-state index is 0. The van der Waals surface area contributed by atoms with E-state index in [0.29, 0.717) is 0 Å². The summed E-state index contributed by atoms with van der Waals surface area (Å²) in [6.45, 7) is 0. The average molecular weight is 422 g/mol. The Balaban J connectivity index is 0. The third-order valence-corrected chi connectivity index (χ3v) is 8.33. The zero-order valence-electron chi connectivity index (χ0n) is 4.25. The summed E-state index contributed by atoms with van der Waals surface area (Å²) in [4.78, 5) is 0. The molecule has 0 heterocycles. The summed E-state index contributed by atoms with van der Waals surface area (Å²) in [5.41, 5.74) is 0. The molecule has 2 N–H and O–H groups in total. The second-order valence-electron chi connectivity index (χ2n) is 0.924. The summed E-state index contributed by atoms with van der Waals surface area (Å²) in [6, 6.07) is 0. The maximum Gasteiger partial charge on any atom is 0 e. The van der Waals surface area contributed by atoms with Crippen molar-refractivity contribution in [1.82, 2.24) is 0 Å². The summed E-state index contributed by atoms with van der Waals surface area (Å²) >= 11 is -12.3. The molecule has 0 aliphatic heterocycles. The van der Waals surface area contributed by atoms with Crippen LogP contribution in [0.25, 0.3) is 0 Å². The molecule has 4 radical (unpaired) electrons. The molecule has 7 nitrogen and oxygen atoms in total. The van der Waals surface area contributed by atoms with Crippen molar-refractivity contribution < 1.29 is 56.6 Å². The van der Waals surface area contributed by atoms with Gasteiger partial charge in [0.1, 0.15) is 0 Å². The molecule has 0 aromatic rings. The van der Waals surface area contributed by atoms with Crippen LogP contribution in [0.1, 0.15) is 0 Å². The molecule has 0 aliphatic rings. The molecule has 0 amide bonds. The number of hydrogen-bond acceptors (Lipinski definition) is 5. The van der Waals surface area contributed by atoms with Crippen LogP contribution < -0.4 is 0 Å². The van der Waals surface area contributed by atoms with E-state index in [4.69, 9.17) is 7.52 Å². The Bertz CT molecular complexity index is 239. The van der Waals surface area contributed by atoms with Crippen molar-refractivity contribution in [2.75, 3.05) is 0 Å². The first-order valence-corrected chi connectivity index (χ1v) is 9.63. The summed E-state index contributed by atoms with van der Waals surface area (Å²) < 4.78 is 56.7. The third kappa shape index (κ3) is 11.5. The van der Waals surface area contributed by atoms with Crippen molar-refractivity contribution in [2.45, 2.75) is 0 Å². The topological polar surface area (TPSA) is 118 Å². The quantitative estimate of drug-likeness (QED) is 0.493. The molecule has 0 aromatic heterocycles. The molecule has 0 rings (SSSR count). The van der Waals surface area contributed by atoms with Gasteiger partial charge in [-0.05, 0) is 0 Å². The monoisotopic (exact) mass is 424 g/mol. The van der Waals surface area contributed by atoms with Gasteiger partial charge in [0.2, 0.25) is 0 Å². The van der Waals surface area contributed by atoms with Crippen LogP contribution in [-0.4, -0.2) is 18.5 Å². The van der Waals surface area contributed by atoms with Gasteiger partial charge in [0, 0.05) is 11.0 Å². The Hall–Kier alpha value is 0.674. The zero-order chi connectivity index (χ0) is 7.71. The fourth-order valence-electron chi connectivity index (χ4n) is 0.109. The predicted molar refractivity (Wildman–Crippen MR) is 14.0 cm³/mol. The molecule has 10 heteroatoms. The Morgan fingerprint density at radius 2 is 1.60 bits per heavy atom. The van der Waals surface area contributed by atoms with Crippen molar-refractivity contribution in [3.05, 3.63) is 0 Å². The van der Waals surface area contributed by atoms with Crippen LogP contribution >= 0.6 is 0 Å². The minimum Gasteiger partial charge on any atom is 0 e. The zero-order valence-corrected chi connectivity index (χ0v) is 10.2. The maximum atomic E-state index is 9.59. The first-order valence-electron chi connectivity index (χ1n) is 1.37. The van der Waals surface area contributed by atoms with Gasteiger partial charge >= 0.3 is 56.6 Å². The van der Waals surface area contributed by atoms with E-state index in [2.05, 4.69) is 2.04 Å². The predicted octanol–water partition coefficient (Wildman–Crippen LogP) is -2.04. The van der Waals surface area contributed by atoms with Crippen LogP contribution in [0.15, 0.2) is 0 Å². The van der Waals surface area contributed by atoms with Gasteiger partial charge in [-0.1, -0.05) is 0 Å². The fourth-order valence-corrected chi connectivity index (χ4v) is 5.26. The Morgan fingerprint density at radius 3 is 1.60 bits per heavy atom. The van der Waals surface area contributed by atoms with Crippen LogP contribution in [0.3, 0.4) is 0 Å². The summed E-state index contributed by atoms with van der Waals surface area (Å²) in [5.74, 6) is 0. The number of hydrogen-bond donors (Lipinski definition) is 2. The van der Waals surface area contributed by atoms with Gasteiger partial charge in [-0.3, -0.25) is 0 Å². The van der Waals surface area contributed by atoms with Crippen molar-refractivity contribution in [3.8, 4) is 0 Å². The van der Waals surface area contributed by atoms with Crippen LogP contribution in [0.4, 0.5) is 0 Å². The molecule has 0 fully saturated rings. The first kappa shape index (κ1) is 13.3. The molecule has 0 bridgehead atoms. The van der Waals surface area contributed by atoms with Crippen LogP contribution in [-0.2, 0) is 49.1 Å². The molecule has 0 saturated carbocycles. The van der Waals surface area contributed by atoms with Crippen molar-refractivity contribution >= 4 is 11.0 Å². The summed E-state index contributed by atoms with van der Waals surface area (Å²) in [7, 11) is 0. The van der Waals surface area contributed by atoms with Crippen molar-refractivity contribution in [3.63, 3.8) is 0 Å². The number of rotatable bonds is 2. The van der Waals surface area contributed by atoms with E-state index in [-0.39, 0.29) is 11.0 Å². The Labute approximate surface area is 67.5 Å². The van der Waals surface area contributed by atoms with Gasteiger partial charge in [0.05, 0.1) is 0 Å². The molecule has 0 aliphatic carbocycles. The maximum absolute atomic E-state index is 9.59. The average Bonchev–Trinajstić information content (AvgIpc) is 1.14. The van der Waals surface area contributed by atoms with E-state index < -0.39 is 33.5 Å². The Morgan fingerprint density at radius 1 is 1.30 bits per heavy atom. The fraction of sp³-hybridized carbons (Fsp3) is 0. The van der Waals surface area contributed by atoms with Gasteiger partial charge in [0.25, 0.3) is 0 Å². The van der Waals surface area contributed by atoms with Gasteiger partial charge in [0.15, 0.2) is 0 Å². The van der Waals surface area contributed by atoms with Crippen molar-refractivity contribution in [1.29, 1.82) is 0 Å². The SMILES string of the molecule is [O]=[Mo](=[O])([OH])[O][W](=[O])(=[O])[OH].[Si]. The molecule has 0 saturated heterocycles. The van der Waals surface area contributed by atoms with E-state index in [1.54, 1.807) is 0 Å². The molecular formula is H2MoO7SiW.